The normalized spacial score (nSPS) is 17.4. The molecule has 7 nitrogen and oxygen atoms in total. The molecule has 2 heterocycles. The van der Waals surface area contributed by atoms with Gasteiger partial charge in [0.1, 0.15) is 6.07 Å². The van der Waals surface area contributed by atoms with Crippen molar-refractivity contribution in [3.8, 4) is 6.07 Å². The second kappa shape index (κ2) is 4.88. The van der Waals surface area contributed by atoms with Crippen LogP contribution in [-0.2, 0) is 10.0 Å². The third-order valence-corrected chi connectivity index (χ3v) is 4.13. The molecular weight excluding hydrogens is 254 g/mol. The number of sulfonamides is 1. The van der Waals surface area contributed by atoms with Crippen LogP contribution in [0.3, 0.4) is 0 Å². The number of hydrogen-bond acceptors (Lipinski definition) is 6. The summed E-state index contributed by atoms with van der Waals surface area (Å²) in [6.07, 6.45) is 2.67. The van der Waals surface area contributed by atoms with Crippen LogP contribution in [0, 0.1) is 11.3 Å². The number of nitriles is 1. The fourth-order valence-electron chi connectivity index (χ4n) is 1.88. The van der Waals surface area contributed by atoms with Crippen molar-refractivity contribution in [3.05, 3.63) is 17.8 Å². The quantitative estimate of drug-likeness (QED) is 0.712. The van der Waals surface area contributed by atoms with E-state index in [1.54, 1.807) is 6.07 Å². The van der Waals surface area contributed by atoms with Crippen molar-refractivity contribution in [1.82, 2.24) is 14.5 Å². The second-order valence-electron chi connectivity index (χ2n) is 4.03. The van der Waals surface area contributed by atoms with Crippen LogP contribution >= 0.6 is 0 Å². The molecule has 1 fully saturated rings. The van der Waals surface area contributed by atoms with E-state index in [0.717, 1.165) is 0 Å². The maximum Gasteiger partial charge on any atom is 0.211 e. The lowest BCUT2D eigenvalue weighted by atomic mass is 10.2. The molecule has 2 rings (SSSR count). The van der Waals surface area contributed by atoms with Gasteiger partial charge in [0.15, 0.2) is 5.82 Å². The Kier molecular flexibility index (Phi) is 3.45. The first-order valence-electron chi connectivity index (χ1n) is 5.44. The molecule has 18 heavy (non-hydrogen) atoms. The maximum atomic E-state index is 11.4. The number of rotatable bonds is 2. The van der Waals surface area contributed by atoms with Gasteiger partial charge in [-0.2, -0.15) is 14.7 Å². The molecule has 1 aliphatic heterocycles. The molecule has 0 saturated carbocycles. The van der Waals surface area contributed by atoms with Gasteiger partial charge >= 0.3 is 0 Å². The fraction of sp³-hybridized carbons (Fsp3) is 0.500. The van der Waals surface area contributed by atoms with E-state index in [-0.39, 0.29) is 0 Å². The Morgan fingerprint density at radius 2 is 2.00 bits per heavy atom. The predicted molar refractivity (Wildman–Crippen MR) is 65.4 cm³/mol. The average Bonchev–Trinajstić information content (AvgIpc) is 2.38. The van der Waals surface area contributed by atoms with Crippen LogP contribution < -0.4 is 4.90 Å². The van der Waals surface area contributed by atoms with Crippen molar-refractivity contribution in [2.75, 3.05) is 37.3 Å². The van der Waals surface area contributed by atoms with Crippen LogP contribution in [0.4, 0.5) is 5.82 Å². The summed E-state index contributed by atoms with van der Waals surface area (Å²) in [5.74, 6) is 0.521. The van der Waals surface area contributed by atoms with Crippen molar-refractivity contribution in [2.24, 2.45) is 0 Å². The lowest BCUT2D eigenvalue weighted by molar-refractivity contribution is 0.386. The highest BCUT2D eigenvalue weighted by molar-refractivity contribution is 7.88. The molecule has 0 N–H and O–H groups in total. The summed E-state index contributed by atoms with van der Waals surface area (Å²) in [5, 5.41) is 16.7. The van der Waals surface area contributed by atoms with Gasteiger partial charge < -0.3 is 4.90 Å². The van der Waals surface area contributed by atoms with E-state index in [2.05, 4.69) is 16.3 Å². The molecule has 0 spiro atoms. The van der Waals surface area contributed by atoms with E-state index in [4.69, 9.17) is 5.26 Å². The molecule has 0 unspecified atom stereocenters. The van der Waals surface area contributed by atoms with Crippen molar-refractivity contribution in [1.29, 1.82) is 5.26 Å². The average molecular weight is 267 g/mol. The molecule has 0 aliphatic carbocycles. The zero-order valence-corrected chi connectivity index (χ0v) is 10.8. The van der Waals surface area contributed by atoms with Crippen LogP contribution in [-0.4, -0.2) is 55.4 Å². The first kappa shape index (κ1) is 12.7. The van der Waals surface area contributed by atoms with E-state index in [1.807, 2.05) is 4.90 Å². The van der Waals surface area contributed by atoms with Crippen LogP contribution in [0.15, 0.2) is 12.3 Å². The highest BCUT2D eigenvalue weighted by Gasteiger charge is 2.25. The second-order valence-corrected chi connectivity index (χ2v) is 6.01. The third-order valence-electron chi connectivity index (χ3n) is 2.83. The van der Waals surface area contributed by atoms with E-state index in [0.29, 0.717) is 37.6 Å². The first-order chi connectivity index (χ1) is 8.52. The molecule has 1 aliphatic rings. The van der Waals surface area contributed by atoms with Crippen molar-refractivity contribution < 1.29 is 8.42 Å². The highest BCUT2D eigenvalue weighted by atomic mass is 32.2. The van der Waals surface area contributed by atoms with Gasteiger partial charge in [-0.15, -0.1) is 5.10 Å². The molecule has 0 radical (unpaired) electrons. The molecule has 1 aromatic heterocycles. The Labute approximate surface area is 106 Å². The number of aromatic nitrogens is 2. The number of anilines is 1. The molecular formula is C10H13N5O2S. The number of nitrogens with zero attached hydrogens (tertiary/aromatic N) is 5. The summed E-state index contributed by atoms with van der Waals surface area (Å²) in [6, 6.07) is 3.66. The van der Waals surface area contributed by atoms with Crippen molar-refractivity contribution >= 4 is 15.8 Å². The van der Waals surface area contributed by atoms with Crippen LogP contribution in [0.2, 0.25) is 0 Å². The molecule has 96 valence electrons. The number of hydrogen-bond donors (Lipinski definition) is 0. The summed E-state index contributed by atoms with van der Waals surface area (Å²) in [5.41, 5.74) is 0.456. The molecule has 1 aromatic rings. The van der Waals surface area contributed by atoms with Crippen molar-refractivity contribution in [3.63, 3.8) is 0 Å². The highest BCUT2D eigenvalue weighted by Crippen LogP contribution is 2.17. The topological polar surface area (TPSA) is 90.2 Å². The molecule has 0 atom stereocenters. The zero-order chi connectivity index (χ0) is 13.2. The van der Waals surface area contributed by atoms with Gasteiger partial charge in [0.05, 0.1) is 18.0 Å². The summed E-state index contributed by atoms with van der Waals surface area (Å²) < 4.78 is 24.2. The minimum atomic E-state index is -3.14. The van der Waals surface area contributed by atoms with Crippen LogP contribution in [0.5, 0.6) is 0 Å². The van der Waals surface area contributed by atoms with Gasteiger partial charge in [-0.25, -0.2) is 8.42 Å². The maximum absolute atomic E-state index is 11.4. The Balaban J connectivity index is 2.13. The number of piperazine rings is 1. The minimum absolute atomic E-state index is 0.403. The molecule has 0 amide bonds. The fourth-order valence-corrected chi connectivity index (χ4v) is 2.70. The van der Waals surface area contributed by atoms with E-state index >= 15 is 0 Å². The Hall–Kier alpha value is -1.72. The largest absolute Gasteiger partial charge is 0.351 e. The standard InChI is InChI=1S/C10H13N5O2S/c1-18(16,17)15-6-4-14(5-7-15)10-9(8-11)2-3-12-13-10/h2-3H,4-7H2,1H3. The lowest BCUT2D eigenvalue weighted by Crippen LogP contribution is -2.48. The lowest BCUT2D eigenvalue weighted by Gasteiger charge is -2.33. The zero-order valence-electron chi connectivity index (χ0n) is 9.94. The molecule has 1 saturated heterocycles. The van der Waals surface area contributed by atoms with Gasteiger partial charge in [-0.05, 0) is 6.07 Å². The predicted octanol–water partition coefficient (Wildman–Crippen LogP) is -0.570. The van der Waals surface area contributed by atoms with Gasteiger partial charge in [-0.1, -0.05) is 0 Å². The summed E-state index contributed by atoms with van der Waals surface area (Å²) in [4.78, 5) is 1.88. The summed E-state index contributed by atoms with van der Waals surface area (Å²) in [6.45, 7) is 1.83. The van der Waals surface area contributed by atoms with Crippen molar-refractivity contribution in [2.45, 2.75) is 0 Å². The van der Waals surface area contributed by atoms with Gasteiger partial charge in [-0.3, -0.25) is 0 Å². The first-order valence-corrected chi connectivity index (χ1v) is 7.29. The van der Waals surface area contributed by atoms with E-state index < -0.39 is 10.0 Å². The van der Waals surface area contributed by atoms with Crippen LogP contribution in [0.1, 0.15) is 5.56 Å². The third kappa shape index (κ3) is 2.57. The van der Waals surface area contributed by atoms with Gasteiger partial charge in [0.25, 0.3) is 0 Å². The van der Waals surface area contributed by atoms with Crippen LogP contribution in [0.25, 0.3) is 0 Å². The smallest absolute Gasteiger partial charge is 0.211 e. The Morgan fingerprint density at radius 3 is 2.56 bits per heavy atom. The SMILES string of the molecule is CS(=O)(=O)N1CCN(c2nnccc2C#N)CC1. The molecule has 0 bridgehead atoms. The summed E-state index contributed by atoms with van der Waals surface area (Å²) >= 11 is 0. The monoisotopic (exact) mass is 267 g/mol. The Morgan fingerprint density at radius 1 is 1.33 bits per heavy atom. The van der Waals surface area contributed by atoms with E-state index in [9.17, 15) is 8.42 Å². The molecule has 8 heteroatoms. The van der Waals surface area contributed by atoms with E-state index in [1.165, 1.54) is 16.8 Å². The van der Waals surface area contributed by atoms with Gasteiger partial charge in [0, 0.05) is 26.2 Å². The molecule has 0 aromatic carbocycles. The Bertz CT molecular complexity index is 572. The summed E-state index contributed by atoms with van der Waals surface area (Å²) in [7, 11) is -3.14. The van der Waals surface area contributed by atoms with Gasteiger partial charge in [0.2, 0.25) is 10.0 Å². The minimum Gasteiger partial charge on any atom is -0.351 e.